The summed E-state index contributed by atoms with van der Waals surface area (Å²) in [5, 5.41) is 11.9. The zero-order chi connectivity index (χ0) is 24.4. The second-order valence-corrected chi connectivity index (χ2v) is 9.58. The standard InChI is InChI=1S/C27H30N2O6/c30-25(31)14-18-15-29(11-12-34-18)26(32)24(13-17-9-10-17)28-27(33)35-16-23-21-7-3-1-5-19(21)20-6-2-4-8-22(20)23/h1-8,17-18,23-24H,9-16H2,(H,28,33)(H,30,31)/t18?,24-/m0/s1. The van der Waals surface area contributed by atoms with Crippen LogP contribution in [0.15, 0.2) is 48.5 Å². The molecule has 35 heavy (non-hydrogen) atoms. The third-order valence-corrected chi connectivity index (χ3v) is 7.05. The lowest BCUT2D eigenvalue weighted by Gasteiger charge is -2.34. The first-order valence-corrected chi connectivity index (χ1v) is 12.2. The number of morpholine rings is 1. The van der Waals surface area contributed by atoms with Crippen molar-refractivity contribution < 1.29 is 29.0 Å². The normalized spacial score (nSPS) is 20.0. The lowest BCUT2D eigenvalue weighted by Crippen LogP contribution is -2.54. The Morgan fingerprint density at radius 1 is 1.06 bits per heavy atom. The molecule has 2 N–H and O–H groups in total. The van der Waals surface area contributed by atoms with Gasteiger partial charge in [-0.3, -0.25) is 9.59 Å². The molecule has 3 aliphatic rings. The van der Waals surface area contributed by atoms with Gasteiger partial charge in [0.1, 0.15) is 12.6 Å². The highest BCUT2D eigenvalue weighted by atomic mass is 16.5. The molecule has 0 radical (unpaired) electrons. The van der Waals surface area contributed by atoms with Crippen LogP contribution in [-0.4, -0.2) is 66.4 Å². The van der Waals surface area contributed by atoms with E-state index in [1.807, 2.05) is 24.3 Å². The van der Waals surface area contributed by atoms with Gasteiger partial charge in [-0.25, -0.2) is 4.79 Å². The fourth-order valence-electron chi connectivity index (χ4n) is 5.15. The monoisotopic (exact) mass is 478 g/mol. The highest BCUT2D eigenvalue weighted by Gasteiger charge is 2.36. The summed E-state index contributed by atoms with van der Waals surface area (Å²) in [6.07, 6.45) is 1.34. The highest BCUT2D eigenvalue weighted by Crippen LogP contribution is 2.44. The van der Waals surface area contributed by atoms with E-state index in [1.165, 1.54) is 0 Å². The van der Waals surface area contributed by atoms with Gasteiger partial charge in [-0.2, -0.15) is 0 Å². The number of fused-ring (bicyclic) bond motifs is 3. The molecule has 2 fully saturated rings. The van der Waals surface area contributed by atoms with Gasteiger partial charge in [-0.05, 0) is 34.6 Å². The Morgan fingerprint density at radius 2 is 1.71 bits per heavy atom. The molecule has 2 aromatic rings. The molecule has 1 aliphatic heterocycles. The topological polar surface area (TPSA) is 105 Å². The van der Waals surface area contributed by atoms with E-state index in [-0.39, 0.29) is 38.0 Å². The van der Waals surface area contributed by atoms with E-state index in [0.717, 1.165) is 35.1 Å². The van der Waals surface area contributed by atoms with E-state index in [2.05, 4.69) is 29.6 Å². The zero-order valence-corrected chi connectivity index (χ0v) is 19.5. The van der Waals surface area contributed by atoms with Crippen molar-refractivity contribution in [2.24, 2.45) is 5.92 Å². The van der Waals surface area contributed by atoms with Crippen LogP contribution < -0.4 is 5.32 Å². The predicted octanol–water partition coefficient (Wildman–Crippen LogP) is 3.40. The molecule has 184 valence electrons. The summed E-state index contributed by atoms with van der Waals surface area (Å²) in [5.74, 6) is -0.810. The molecule has 2 atom stereocenters. The Kier molecular flexibility index (Phi) is 6.72. The van der Waals surface area contributed by atoms with Crippen LogP contribution in [0.3, 0.4) is 0 Å². The first-order chi connectivity index (χ1) is 17.0. The number of carboxylic acid groups (broad SMARTS) is 1. The molecule has 1 heterocycles. The van der Waals surface area contributed by atoms with Crippen molar-refractivity contribution >= 4 is 18.0 Å². The second kappa shape index (κ2) is 10.1. The number of aliphatic carboxylic acids is 1. The van der Waals surface area contributed by atoms with Crippen LogP contribution in [0.25, 0.3) is 11.1 Å². The number of nitrogens with one attached hydrogen (secondary N) is 1. The Labute approximate surface area is 204 Å². The number of carboxylic acids is 1. The number of hydrogen-bond acceptors (Lipinski definition) is 5. The number of benzene rings is 2. The largest absolute Gasteiger partial charge is 0.481 e. The maximum atomic E-state index is 13.3. The molecule has 0 spiro atoms. The Bertz CT molecular complexity index is 1070. The minimum atomic E-state index is -0.962. The van der Waals surface area contributed by atoms with Gasteiger partial charge in [-0.15, -0.1) is 0 Å². The van der Waals surface area contributed by atoms with E-state index in [0.29, 0.717) is 18.9 Å². The lowest BCUT2D eigenvalue weighted by atomic mass is 9.98. The highest BCUT2D eigenvalue weighted by molar-refractivity contribution is 5.86. The van der Waals surface area contributed by atoms with Gasteiger partial charge < -0.3 is 24.8 Å². The predicted molar refractivity (Wildman–Crippen MR) is 128 cm³/mol. The number of hydrogen-bond donors (Lipinski definition) is 2. The minimum absolute atomic E-state index is 0.0539. The van der Waals surface area contributed by atoms with E-state index in [1.54, 1.807) is 4.90 Å². The van der Waals surface area contributed by atoms with Gasteiger partial charge >= 0.3 is 12.1 Å². The maximum Gasteiger partial charge on any atom is 0.407 e. The molecule has 5 rings (SSSR count). The van der Waals surface area contributed by atoms with Gasteiger partial charge in [0.2, 0.25) is 5.91 Å². The third-order valence-electron chi connectivity index (χ3n) is 7.05. The van der Waals surface area contributed by atoms with Crippen molar-refractivity contribution in [3.63, 3.8) is 0 Å². The number of rotatable bonds is 8. The summed E-state index contributed by atoms with van der Waals surface area (Å²) in [7, 11) is 0. The molecule has 2 aromatic carbocycles. The van der Waals surface area contributed by atoms with E-state index < -0.39 is 24.2 Å². The number of ether oxygens (including phenoxy) is 2. The third kappa shape index (κ3) is 5.32. The summed E-state index contributed by atoms with van der Waals surface area (Å²) in [4.78, 5) is 38.8. The Hall–Kier alpha value is -3.39. The van der Waals surface area contributed by atoms with Crippen LogP contribution in [0, 0.1) is 5.92 Å². The summed E-state index contributed by atoms with van der Waals surface area (Å²) in [6.45, 7) is 1.05. The van der Waals surface area contributed by atoms with Crippen LogP contribution in [0.1, 0.15) is 42.7 Å². The minimum Gasteiger partial charge on any atom is -0.481 e. The maximum absolute atomic E-state index is 13.3. The number of alkyl carbamates (subject to hydrolysis) is 1. The average Bonchev–Trinajstić information content (AvgIpc) is 3.62. The fourth-order valence-corrected chi connectivity index (χ4v) is 5.15. The van der Waals surface area contributed by atoms with E-state index in [9.17, 15) is 14.4 Å². The average molecular weight is 479 g/mol. The summed E-state index contributed by atoms with van der Waals surface area (Å²) in [5.41, 5.74) is 4.57. The lowest BCUT2D eigenvalue weighted by molar-refractivity contribution is -0.148. The van der Waals surface area contributed by atoms with Crippen molar-refractivity contribution in [2.45, 2.75) is 43.7 Å². The van der Waals surface area contributed by atoms with Gasteiger partial charge in [0.25, 0.3) is 0 Å². The summed E-state index contributed by atoms with van der Waals surface area (Å²) in [6, 6.07) is 15.6. The second-order valence-electron chi connectivity index (χ2n) is 9.58. The summed E-state index contributed by atoms with van der Waals surface area (Å²) < 4.78 is 11.1. The van der Waals surface area contributed by atoms with Crippen LogP contribution in [0.5, 0.6) is 0 Å². The Morgan fingerprint density at radius 3 is 2.34 bits per heavy atom. The molecule has 0 bridgehead atoms. The first-order valence-electron chi connectivity index (χ1n) is 12.2. The molecule has 1 saturated heterocycles. The van der Waals surface area contributed by atoms with E-state index in [4.69, 9.17) is 14.6 Å². The number of carbonyl (C=O) groups is 3. The molecule has 2 amide bonds. The van der Waals surface area contributed by atoms with Crippen molar-refractivity contribution in [3.8, 4) is 11.1 Å². The van der Waals surface area contributed by atoms with Crippen LogP contribution in [0.2, 0.25) is 0 Å². The molecular formula is C27H30N2O6. The van der Waals surface area contributed by atoms with E-state index >= 15 is 0 Å². The number of carbonyl (C=O) groups excluding carboxylic acids is 2. The number of amides is 2. The van der Waals surface area contributed by atoms with Crippen molar-refractivity contribution in [2.75, 3.05) is 26.3 Å². The SMILES string of the molecule is O=C(O)CC1CN(C(=O)[C@H](CC2CC2)NC(=O)OCC2c3ccccc3-c3ccccc32)CCO1. The van der Waals surface area contributed by atoms with Crippen LogP contribution >= 0.6 is 0 Å². The molecule has 8 heteroatoms. The molecule has 2 aliphatic carbocycles. The number of nitrogens with zero attached hydrogens (tertiary/aromatic N) is 1. The van der Waals surface area contributed by atoms with Gasteiger partial charge in [-0.1, -0.05) is 61.4 Å². The molecular weight excluding hydrogens is 448 g/mol. The van der Waals surface area contributed by atoms with Crippen LogP contribution in [-0.2, 0) is 19.1 Å². The fraction of sp³-hybridized carbons (Fsp3) is 0.444. The smallest absolute Gasteiger partial charge is 0.407 e. The van der Waals surface area contributed by atoms with Crippen molar-refractivity contribution in [1.29, 1.82) is 0 Å². The molecule has 1 unspecified atom stereocenters. The quantitative estimate of drug-likeness (QED) is 0.603. The first kappa shape index (κ1) is 23.4. The van der Waals surface area contributed by atoms with Gasteiger partial charge in [0.15, 0.2) is 0 Å². The summed E-state index contributed by atoms with van der Waals surface area (Å²) >= 11 is 0. The van der Waals surface area contributed by atoms with Crippen molar-refractivity contribution in [1.82, 2.24) is 10.2 Å². The molecule has 8 nitrogen and oxygen atoms in total. The Balaban J connectivity index is 1.23. The molecule has 1 saturated carbocycles. The van der Waals surface area contributed by atoms with Gasteiger partial charge in [0, 0.05) is 19.0 Å². The van der Waals surface area contributed by atoms with Crippen LogP contribution in [0.4, 0.5) is 4.79 Å². The zero-order valence-electron chi connectivity index (χ0n) is 19.5. The molecule has 0 aromatic heterocycles. The van der Waals surface area contributed by atoms with Gasteiger partial charge in [0.05, 0.1) is 19.1 Å². The van der Waals surface area contributed by atoms with Crippen molar-refractivity contribution in [3.05, 3.63) is 59.7 Å².